The van der Waals surface area contributed by atoms with Gasteiger partial charge in [0, 0.05) is 0 Å². The molecule has 0 bridgehead atoms. The van der Waals surface area contributed by atoms with E-state index in [1.807, 2.05) is 0 Å². The summed E-state index contributed by atoms with van der Waals surface area (Å²) in [5, 5.41) is 9.42. The number of aliphatic hydroxyl groups is 1. The van der Waals surface area contributed by atoms with Crippen LogP contribution >= 0.6 is 0 Å². The van der Waals surface area contributed by atoms with Crippen molar-refractivity contribution >= 4 is 11.8 Å². The molecule has 0 saturated carbocycles. The number of amides is 1. The highest BCUT2D eigenvalue weighted by Gasteiger charge is 2.35. The lowest BCUT2D eigenvalue weighted by Crippen LogP contribution is -2.46. The number of alkyl halides is 3. The van der Waals surface area contributed by atoms with Crippen LogP contribution in [0.15, 0.2) is 18.2 Å². The number of fused-ring (bicyclic) bond motifs is 1. The van der Waals surface area contributed by atoms with Gasteiger partial charge in [-0.25, -0.2) is 4.79 Å². The molecule has 1 aromatic carbocycles. The molecule has 0 spiro atoms. The second-order valence-corrected chi connectivity index (χ2v) is 5.52. The van der Waals surface area contributed by atoms with Crippen molar-refractivity contribution in [2.75, 3.05) is 11.5 Å². The zero-order valence-corrected chi connectivity index (χ0v) is 12.4. The summed E-state index contributed by atoms with van der Waals surface area (Å²) in [6.07, 6.45) is -4.68. The van der Waals surface area contributed by atoms with Crippen molar-refractivity contribution in [2.45, 2.75) is 45.0 Å². The van der Waals surface area contributed by atoms with E-state index in [9.17, 15) is 23.1 Å². The Bertz CT molecular complexity index is 557. The molecule has 0 aliphatic carbocycles. The lowest BCUT2D eigenvalue weighted by molar-refractivity contribution is -0.137. The number of benzene rings is 1. The number of hydrogen-bond acceptors (Lipinski definition) is 3. The molecule has 0 saturated heterocycles. The number of aryl methyl sites for hydroxylation is 1. The van der Waals surface area contributed by atoms with Gasteiger partial charge in [0.15, 0.2) is 0 Å². The van der Waals surface area contributed by atoms with E-state index in [1.165, 1.54) is 11.0 Å². The Morgan fingerprint density at radius 1 is 1.45 bits per heavy atom. The van der Waals surface area contributed by atoms with Crippen molar-refractivity contribution in [1.29, 1.82) is 0 Å². The fourth-order valence-electron chi connectivity index (χ4n) is 2.52. The molecule has 1 atom stereocenters. The summed E-state index contributed by atoms with van der Waals surface area (Å²) in [6, 6.07) is 2.77. The van der Waals surface area contributed by atoms with Crippen LogP contribution in [0.3, 0.4) is 0 Å². The molecule has 2 rings (SSSR count). The van der Waals surface area contributed by atoms with Crippen molar-refractivity contribution in [1.82, 2.24) is 0 Å². The normalized spacial score (nSPS) is 18.3. The van der Waals surface area contributed by atoms with Crippen LogP contribution in [-0.4, -0.2) is 30.0 Å². The molecule has 1 amide bonds. The topological polar surface area (TPSA) is 49.8 Å². The minimum absolute atomic E-state index is 0.270. The fourth-order valence-corrected chi connectivity index (χ4v) is 2.52. The van der Waals surface area contributed by atoms with Gasteiger partial charge >= 0.3 is 12.3 Å². The van der Waals surface area contributed by atoms with Crippen molar-refractivity contribution in [3.63, 3.8) is 0 Å². The van der Waals surface area contributed by atoms with Crippen LogP contribution in [0.2, 0.25) is 0 Å². The SMILES string of the molecule is CC(C)OC(=O)N1c2ccc(C(F)(F)F)cc2CCC1CO. The first-order valence-corrected chi connectivity index (χ1v) is 7.05. The Labute approximate surface area is 126 Å². The quantitative estimate of drug-likeness (QED) is 0.910. The summed E-state index contributed by atoms with van der Waals surface area (Å²) >= 11 is 0. The van der Waals surface area contributed by atoms with Crippen LogP contribution in [0.4, 0.5) is 23.7 Å². The van der Waals surface area contributed by atoms with Crippen LogP contribution < -0.4 is 4.90 Å². The van der Waals surface area contributed by atoms with Crippen molar-refractivity contribution < 1.29 is 27.8 Å². The number of aliphatic hydroxyl groups excluding tert-OH is 1. The predicted molar refractivity (Wildman–Crippen MR) is 74.7 cm³/mol. The smallest absolute Gasteiger partial charge is 0.416 e. The Balaban J connectivity index is 2.40. The maximum absolute atomic E-state index is 12.8. The number of anilines is 1. The van der Waals surface area contributed by atoms with Gasteiger partial charge in [-0.1, -0.05) is 0 Å². The number of halogens is 3. The van der Waals surface area contributed by atoms with Gasteiger partial charge < -0.3 is 9.84 Å². The summed E-state index contributed by atoms with van der Waals surface area (Å²) in [4.78, 5) is 13.4. The lowest BCUT2D eigenvalue weighted by Gasteiger charge is -2.36. The highest BCUT2D eigenvalue weighted by atomic mass is 19.4. The monoisotopic (exact) mass is 317 g/mol. The highest BCUT2D eigenvalue weighted by Crippen LogP contribution is 2.37. The van der Waals surface area contributed by atoms with E-state index in [0.717, 1.165) is 12.1 Å². The molecule has 0 fully saturated rings. The zero-order valence-electron chi connectivity index (χ0n) is 12.4. The van der Waals surface area contributed by atoms with Crippen LogP contribution in [0.1, 0.15) is 31.4 Å². The van der Waals surface area contributed by atoms with E-state index in [-0.39, 0.29) is 12.7 Å². The number of nitrogens with zero attached hydrogens (tertiary/aromatic N) is 1. The third-order valence-electron chi connectivity index (χ3n) is 3.52. The van der Waals surface area contributed by atoms with E-state index in [4.69, 9.17) is 4.74 Å². The van der Waals surface area contributed by atoms with Crippen LogP contribution in [0.25, 0.3) is 0 Å². The lowest BCUT2D eigenvalue weighted by atomic mass is 9.94. The van der Waals surface area contributed by atoms with Gasteiger partial charge in [-0.3, -0.25) is 4.90 Å². The molecule has 4 nitrogen and oxygen atoms in total. The Morgan fingerprint density at radius 3 is 2.68 bits per heavy atom. The number of rotatable bonds is 2. The predicted octanol–water partition coefficient (Wildman–Crippen LogP) is 3.36. The summed E-state index contributed by atoms with van der Waals surface area (Å²) in [5.41, 5.74) is 0.0510. The van der Waals surface area contributed by atoms with E-state index in [1.54, 1.807) is 13.8 Å². The molecular weight excluding hydrogens is 299 g/mol. The van der Waals surface area contributed by atoms with Gasteiger partial charge in [-0.05, 0) is 50.5 Å². The minimum Gasteiger partial charge on any atom is -0.446 e. The van der Waals surface area contributed by atoms with Gasteiger partial charge in [-0.2, -0.15) is 13.2 Å². The Morgan fingerprint density at radius 2 is 2.14 bits per heavy atom. The summed E-state index contributed by atoms with van der Waals surface area (Å²) in [6.45, 7) is 3.10. The number of hydrogen-bond donors (Lipinski definition) is 1. The van der Waals surface area contributed by atoms with Crippen LogP contribution in [0, 0.1) is 0 Å². The van der Waals surface area contributed by atoms with Crippen molar-refractivity contribution in [3.05, 3.63) is 29.3 Å². The minimum atomic E-state index is -4.42. The van der Waals surface area contributed by atoms with E-state index < -0.39 is 23.9 Å². The molecule has 1 aliphatic rings. The van der Waals surface area contributed by atoms with Gasteiger partial charge in [0.2, 0.25) is 0 Å². The van der Waals surface area contributed by atoms with Gasteiger partial charge in [0.25, 0.3) is 0 Å². The van der Waals surface area contributed by atoms with Crippen molar-refractivity contribution in [2.24, 2.45) is 0 Å². The van der Waals surface area contributed by atoms with E-state index in [0.29, 0.717) is 24.1 Å². The third-order valence-corrected chi connectivity index (χ3v) is 3.52. The third kappa shape index (κ3) is 3.35. The number of ether oxygens (including phenoxy) is 1. The first kappa shape index (κ1) is 16.6. The summed E-state index contributed by atoms with van der Waals surface area (Å²) < 4.78 is 43.5. The first-order valence-electron chi connectivity index (χ1n) is 7.05. The molecule has 1 heterocycles. The highest BCUT2D eigenvalue weighted by molar-refractivity contribution is 5.90. The molecule has 1 aromatic rings. The Hall–Kier alpha value is -1.76. The van der Waals surface area contributed by atoms with Gasteiger partial charge in [0.05, 0.1) is 30.0 Å². The standard InChI is InChI=1S/C15H18F3NO3/c1-9(2)22-14(21)19-12(8-20)5-3-10-7-11(15(16,17)18)4-6-13(10)19/h4,6-7,9,12,20H,3,5,8H2,1-2H3. The largest absolute Gasteiger partial charge is 0.446 e. The number of carbonyl (C=O) groups excluding carboxylic acids is 1. The van der Waals surface area contributed by atoms with Crippen LogP contribution in [-0.2, 0) is 17.3 Å². The maximum atomic E-state index is 12.8. The zero-order chi connectivity index (χ0) is 16.5. The molecule has 0 radical (unpaired) electrons. The molecule has 1 N–H and O–H groups in total. The van der Waals surface area contributed by atoms with E-state index in [2.05, 4.69) is 0 Å². The van der Waals surface area contributed by atoms with Crippen molar-refractivity contribution in [3.8, 4) is 0 Å². The van der Waals surface area contributed by atoms with Gasteiger partial charge in [-0.15, -0.1) is 0 Å². The molecule has 122 valence electrons. The molecule has 7 heteroatoms. The van der Waals surface area contributed by atoms with Crippen LogP contribution in [0.5, 0.6) is 0 Å². The van der Waals surface area contributed by atoms with E-state index >= 15 is 0 Å². The molecular formula is C15H18F3NO3. The maximum Gasteiger partial charge on any atom is 0.416 e. The Kier molecular flexibility index (Phi) is 4.65. The number of carbonyl (C=O) groups is 1. The average Bonchev–Trinajstić information content (AvgIpc) is 2.43. The molecule has 0 aromatic heterocycles. The van der Waals surface area contributed by atoms with Gasteiger partial charge in [0.1, 0.15) is 0 Å². The summed E-state index contributed by atoms with van der Waals surface area (Å²) in [7, 11) is 0. The average molecular weight is 317 g/mol. The molecule has 1 unspecified atom stereocenters. The fraction of sp³-hybridized carbons (Fsp3) is 0.533. The molecule has 1 aliphatic heterocycles. The molecule has 22 heavy (non-hydrogen) atoms. The second kappa shape index (κ2) is 6.16. The second-order valence-electron chi connectivity index (χ2n) is 5.52. The first-order chi connectivity index (χ1) is 10.2. The summed E-state index contributed by atoms with van der Waals surface area (Å²) in [5.74, 6) is 0.